The van der Waals surface area contributed by atoms with E-state index in [0.29, 0.717) is 0 Å². The van der Waals surface area contributed by atoms with Gasteiger partial charge in [-0.3, -0.25) is 9.88 Å². The van der Waals surface area contributed by atoms with E-state index in [1.54, 1.807) is 12.3 Å². The van der Waals surface area contributed by atoms with Crippen molar-refractivity contribution in [2.75, 3.05) is 4.90 Å². The van der Waals surface area contributed by atoms with Crippen molar-refractivity contribution >= 4 is 39.1 Å². The van der Waals surface area contributed by atoms with E-state index in [1.165, 1.54) is 21.8 Å². The van der Waals surface area contributed by atoms with Crippen LogP contribution in [-0.4, -0.2) is 19.6 Å². The molecule has 3 aromatic heterocycles. The van der Waals surface area contributed by atoms with E-state index in [-0.39, 0.29) is 32.2 Å². The third-order valence-corrected chi connectivity index (χ3v) is 8.99. The molecule has 0 amide bonds. The van der Waals surface area contributed by atoms with Gasteiger partial charge >= 0.3 is 0 Å². The number of fused-ring (bicyclic) bond motifs is 3. The molecule has 8 rings (SSSR count). The molecule has 8 aromatic rings. The number of anilines is 3. The Morgan fingerprint density at radius 2 is 1.26 bits per heavy atom. The van der Waals surface area contributed by atoms with E-state index in [9.17, 15) is 5.11 Å². The second kappa shape index (κ2) is 13.4. The van der Waals surface area contributed by atoms with Crippen LogP contribution in [0.5, 0.6) is 5.75 Å². The van der Waals surface area contributed by atoms with E-state index < -0.39 is 0 Å². The molecule has 0 aliphatic rings. The average Bonchev–Trinajstić information content (AvgIpc) is 3.47. The summed E-state index contributed by atoms with van der Waals surface area (Å²) in [6.07, 6.45) is 1.80. The molecule has 5 nitrogen and oxygen atoms in total. The topological polar surface area (TPSA) is 54.2 Å². The standard InChI is InChI=1S/C44H35N4O.Pt/c1-44(2,3)32-28-30(35-13-6-9-19-41(35)49)27-31(29-32)38-16-12-21-43(46-38)48(42-20-10-11-26-45-42)34-24-22-33(23-25-34)47-39-17-7-4-14-36(39)37-15-5-8-18-40(37)47;/h4-26,28-29,49H,1-3H3;/q-1;. The van der Waals surface area contributed by atoms with Crippen LogP contribution >= 0.6 is 0 Å². The van der Waals surface area contributed by atoms with Crippen LogP contribution in [0.3, 0.4) is 0 Å². The van der Waals surface area contributed by atoms with Crippen LogP contribution in [0.25, 0.3) is 49.9 Å². The van der Waals surface area contributed by atoms with Crippen LogP contribution in [0, 0.1) is 6.07 Å². The normalized spacial score (nSPS) is 11.4. The maximum Gasteiger partial charge on any atom is 0.138 e. The van der Waals surface area contributed by atoms with Crippen LogP contribution in [0.1, 0.15) is 26.3 Å². The van der Waals surface area contributed by atoms with Gasteiger partial charge in [0.05, 0.1) is 16.8 Å². The molecule has 1 N–H and O–H groups in total. The van der Waals surface area contributed by atoms with Gasteiger partial charge in [0, 0.05) is 55.1 Å². The summed E-state index contributed by atoms with van der Waals surface area (Å²) in [4.78, 5) is 12.0. The molecule has 3 heterocycles. The predicted molar refractivity (Wildman–Crippen MR) is 201 cm³/mol. The van der Waals surface area contributed by atoms with Gasteiger partial charge in [-0.15, -0.1) is 29.3 Å². The van der Waals surface area contributed by atoms with Crippen molar-refractivity contribution in [1.82, 2.24) is 14.5 Å². The van der Waals surface area contributed by atoms with Gasteiger partial charge in [-0.2, -0.15) is 0 Å². The number of phenols is 1. The number of rotatable bonds is 6. The molecular formula is C44H35N4OPt-. The number of aromatic nitrogens is 3. The fourth-order valence-corrected chi connectivity index (χ4v) is 6.50. The molecule has 6 heteroatoms. The maximum absolute atomic E-state index is 10.7. The van der Waals surface area contributed by atoms with E-state index >= 15 is 0 Å². The van der Waals surface area contributed by atoms with Gasteiger partial charge in [-0.05, 0) is 71.6 Å². The SMILES string of the molecule is CC(C)(C)c1cc(-c2cccc(N(c3ccc(-n4c5ccccc5c5ccccc54)cc3)c3ccccn3)n2)[c-]c(-c2ccccc2O)c1.[Pt]. The summed E-state index contributed by atoms with van der Waals surface area (Å²) in [6, 6.07) is 52.9. The molecule has 0 bridgehead atoms. The zero-order chi connectivity index (χ0) is 33.5. The number of nitrogens with zero attached hydrogens (tertiary/aromatic N) is 4. The molecule has 0 aliphatic heterocycles. The van der Waals surface area contributed by atoms with Gasteiger partial charge in [-0.1, -0.05) is 99.1 Å². The first-order chi connectivity index (χ1) is 23.8. The first kappa shape index (κ1) is 33.0. The molecule has 248 valence electrons. The minimum atomic E-state index is -0.126. The van der Waals surface area contributed by atoms with Crippen molar-refractivity contribution in [1.29, 1.82) is 0 Å². The van der Waals surface area contributed by atoms with Gasteiger partial charge in [0.25, 0.3) is 0 Å². The van der Waals surface area contributed by atoms with Crippen LogP contribution in [0.4, 0.5) is 17.3 Å². The summed E-state index contributed by atoms with van der Waals surface area (Å²) < 4.78 is 2.32. The van der Waals surface area contributed by atoms with Gasteiger partial charge in [0.2, 0.25) is 0 Å². The van der Waals surface area contributed by atoms with Crippen molar-refractivity contribution in [3.8, 4) is 33.8 Å². The third kappa shape index (κ3) is 6.10. The first-order valence-corrected chi connectivity index (χ1v) is 16.5. The first-order valence-electron chi connectivity index (χ1n) is 16.5. The van der Waals surface area contributed by atoms with Crippen LogP contribution in [0.15, 0.2) is 152 Å². The number of benzene rings is 5. The molecular weight excluding hydrogens is 796 g/mol. The Labute approximate surface area is 306 Å². The Balaban J connectivity index is 0.00000392. The van der Waals surface area contributed by atoms with E-state index in [4.69, 9.17) is 9.97 Å². The number of aromatic hydroxyl groups is 1. The summed E-state index contributed by atoms with van der Waals surface area (Å²) in [6.45, 7) is 6.57. The zero-order valence-corrected chi connectivity index (χ0v) is 30.3. The number of hydrogen-bond acceptors (Lipinski definition) is 4. The Kier molecular flexibility index (Phi) is 8.86. The van der Waals surface area contributed by atoms with Crippen molar-refractivity contribution in [2.45, 2.75) is 26.2 Å². The summed E-state index contributed by atoms with van der Waals surface area (Å²) >= 11 is 0. The number of para-hydroxylation sites is 3. The molecule has 5 aromatic carbocycles. The van der Waals surface area contributed by atoms with Crippen LogP contribution in [0.2, 0.25) is 0 Å². The molecule has 0 saturated heterocycles. The van der Waals surface area contributed by atoms with Crippen molar-refractivity contribution in [3.63, 3.8) is 0 Å². The molecule has 0 spiro atoms. The van der Waals surface area contributed by atoms with E-state index in [0.717, 1.165) is 51.0 Å². The maximum atomic E-state index is 10.7. The minimum Gasteiger partial charge on any atom is -0.515 e. The Hall–Kier alpha value is -5.51. The summed E-state index contributed by atoms with van der Waals surface area (Å²) in [5, 5.41) is 13.2. The van der Waals surface area contributed by atoms with Crippen LogP contribution < -0.4 is 4.90 Å². The average molecular weight is 831 g/mol. The van der Waals surface area contributed by atoms with E-state index in [2.05, 4.69) is 121 Å². The number of phenolic OH excluding ortho intramolecular Hbond substituents is 1. The smallest absolute Gasteiger partial charge is 0.138 e. The Morgan fingerprint density at radius 3 is 1.92 bits per heavy atom. The molecule has 0 radical (unpaired) electrons. The molecule has 0 atom stereocenters. The molecule has 0 saturated carbocycles. The van der Waals surface area contributed by atoms with Crippen molar-refractivity contribution in [3.05, 3.63) is 163 Å². The zero-order valence-electron chi connectivity index (χ0n) is 28.0. The largest absolute Gasteiger partial charge is 0.515 e. The van der Waals surface area contributed by atoms with Crippen molar-refractivity contribution < 1.29 is 26.2 Å². The minimum absolute atomic E-state index is 0. The van der Waals surface area contributed by atoms with Gasteiger partial charge in [-0.25, -0.2) is 4.98 Å². The number of pyridine rings is 2. The predicted octanol–water partition coefficient (Wildman–Crippen LogP) is 11.2. The fourth-order valence-electron chi connectivity index (χ4n) is 6.50. The fraction of sp³-hybridized carbons (Fsp3) is 0.0909. The summed E-state index contributed by atoms with van der Waals surface area (Å²) in [5.74, 6) is 1.72. The van der Waals surface area contributed by atoms with Crippen molar-refractivity contribution in [2.24, 2.45) is 0 Å². The molecule has 50 heavy (non-hydrogen) atoms. The molecule has 0 unspecified atom stereocenters. The monoisotopic (exact) mass is 830 g/mol. The quantitative estimate of drug-likeness (QED) is 0.170. The Morgan fingerprint density at radius 1 is 0.640 bits per heavy atom. The molecule has 0 fully saturated rings. The Bertz CT molecular complexity index is 2390. The van der Waals surface area contributed by atoms with Crippen LogP contribution in [-0.2, 0) is 26.5 Å². The van der Waals surface area contributed by atoms with E-state index in [1.807, 2.05) is 54.6 Å². The second-order valence-corrected chi connectivity index (χ2v) is 13.3. The van der Waals surface area contributed by atoms with Gasteiger partial charge in [0.15, 0.2) is 0 Å². The molecule has 0 aliphatic carbocycles. The third-order valence-electron chi connectivity index (χ3n) is 8.99. The summed E-state index contributed by atoms with van der Waals surface area (Å²) in [7, 11) is 0. The van der Waals surface area contributed by atoms with Gasteiger partial charge < -0.3 is 9.67 Å². The number of hydrogen-bond donors (Lipinski definition) is 1. The summed E-state index contributed by atoms with van der Waals surface area (Å²) in [5.41, 5.74) is 8.57. The second-order valence-electron chi connectivity index (χ2n) is 13.3. The van der Waals surface area contributed by atoms with Gasteiger partial charge in [0.1, 0.15) is 11.6 Å².